The molecule has 8 amide bonds. The minimum absolute atomic E-state index is 0.0244. The van der Waals surface area contributed by atoms with E-state index in [1.165, 1.54) is 12.5 Å². The molecule has 0 aliphatic heterocycles. The molecule has 0 aliphatic carbocycles. The van der Waals surface area contributed by atoms with E-state index in [0.717, 1.165) is 5.56 Å². The quantitative estimate of drug-likeness (QED) is 0.0175. The van der Waals surface area contributed by atoms with Crippen LogP contribution in [0.2, 0.25) is 0 Å². The zero-order chi connectivity index (χ0) is 56.0. The molecular formula is C48H82N18O9. The van der Waals surface area contributed by atoms with Crippen molar-refractivity contribution in [2.24, 2.45) is 62.0 Å². The van der Waals surface area contributed by atoms with Crippen LogP contribution < -0.4 is 77.4 Å². The van der Waals surface area contributed by atoms with Crippen LogP contribution in [0.15, 0.2) is 52.8 Å². The summed E-state index contributed by atoms with van der Waals surface area (Å²) in [6.45, 7) is 6.71. The molecule has 0 radical (unpaired) electrons. The number of rotatable bonds is 36. The first kappa shape index (κ1) is 63.7. The summed E-state index contributed by atoms with van der Waals surface area (Å²) in [6, 6.07) is -1.25. The molecule has 0 spiro atoms. The first-order valence-electron chi connectivity index (χ1n) is 25.2. The van der Waals surface area contributed by atoms with Gasteiger partial charge in [-0.2, -0.15) is 0 Å². The van der Waals surface area contributed by atoms with E-state index in [1.807, 2.05) is 20.8 Å². The standard InChI is InChI=1S/C48H82N18O9/c1-5-28(4)38(46(75)63-35(39(51)68)22-29-13-7-6-8-14-29)66-44(73)36(21-27(2)3)64-43(72)34(17-12-20-58-48(54)55)61-42(71)33(16-11-19-57-47(52)53)60-41(70)32(15-9-10-18-49)62-45(74)37(25-67)65-40(69)31(50)23-30-24-56-26-59-30/h6-8,13-14,24,26-28,31-38,67H,5,9-12,15-23,25,49-50H2,1-4H3,(H2,51,68)(H,56,59)(H,60,70)(H,61,71)(H,62,74)(H,63,75)(H,64,72)(H,65,69)(H,66,73)(H4,52,53,57)(H4,54,55,58)/t28-,31?,32-,33-,34-,35-,36-,37-,38-/m0/s1. The number of aliphatic hydroxyl groups excluding tert-OH is 1. The van der Waals surface area contributed by atoms with Crippen molar-refractivity contribution in [1.82, 2.24) is 47.2 Å². The van der Waals surface area contributed by atoms with Crippen LogP contribution in [0.4, 0.5) is 0 Å². The number of nitrogens with two attached hydrogens (primary N) is 7. The number of nitrogens with one attached hydrogen (secondary N) is 8. The van der Waals surface area contributed by atoms with Gasteiger partial charge in [0.05, 0.1) is 19.0 Å². The molecule has 0 saturated heterocycles. The Bertz CT molecular complexity index is 2170. The van der Waals surface area contributed by atoms with Gasteiger partial charge in [0.15, 0.2) is 11.9 Å². The third-order valence-electron chi connectivity index (χ3n) is 12.0. The summed E-state index contributed by atoms with van der Waals surface area (Å²) in [7, 11) is 0. The number of benzene rings is 1. The number of H-pyrrole nitrogens is 1. The van der Waals surface area contributed by atoms with Crippen molar-refractivity contribution in [3.63, 3.8) is 0 Å². The first-order chi connectivity index (χ1) is 35.6. The number of amides is 8. The number of unbranched alkanes of at least 4 members (excludes halogenated alkanes) is 1. The minimum atomic E-state index is -1.52. The molecule has 9 atom stereocenters. The minimum Gasteiger partial charge on any atom is -0.394 e. The molecule has 2 rings (SSSR count). The predicted octanol–water partition coefficient (Wildman–Crippen LogP) is -4.28. The average Bonchev–Trinajstić information content (AvgIpc) is 3.88. The van der Waals surface area contributed by atoms with Gasteiger partial charge in [-0.05, 0) is 75.3 Å². The van der Waals surface area contributed by atoms with Crippen LogP contribution in [-0.4, -0.2) is 149 Å². The largest absolute Gasteiger partial charge is 0.394 e. The molecule has 1 unspecified atom stereocenters. The number of imidazole rings is 1. The smallest absolute Gasteiger partial charge is 0.245 e. The van der Waals surface area contributed by atoms with Crippen LogP contribution in [-0.2, 0) is 51.2 Å². The van der Waals surface area contributed by atoms with E-state index in [1.54, 1.807) is 37.3 Å². The maximum Gasteiger partial charge on any atom is 0.245 e. The molecule has 23 N–H and O–H groups in total. The highest BCUT2D eigenvalue weighted by atomic mass is 16.3. The van der Waals surface area contributed by atoms with E-state index in [-0.39, 0.29) is 88.8 Å². The van der Waals surface area contributed by atoms with Crippen molar-refractivity contribution in [3.05, 3.63) is 54.1 Å². The fourth-order valence-corrected chi connectivity index (χ4v) is 7.59. The third-order valence-corrected chi connectivity index (χ3v) is 12.0. The fraction of sp³-hybridized carbons (Fsp3) is 0.604. The van der Waals surface area contributed by atoms with Gasteiger partial charge in [0.2, 0.25) is 47.3 Å². The van der Waals surface area contributed by atoms with Gasteiger partial charge in [-0.3, -0.25) is 48.3 Å². The number of aromatic nitrogens is 2. The highest BCUT2D eigenvalue weighted by molar-refractivity contribution is 5.98. The lowest BCUT2D eigenvalue weighted by Gasteiger charge is -2.30. The second-order valence-corrected chi connectivity index (χ2v) is 18.7. The van der Waals surface area contributed by atoms with Gasteiger partial charge in [-0.1, -0.05) is 64.4 Å². The Balaban J connectivity index is 2.44. The average molecular weight is 1060 g/mol. The van der Waals surface area contributed by atoms with Gasteiger partial charge >= 0.3 is 0 Å². The molecule has 1 heterocycles. The van der Waals surface area contributed by atoms with E-state index in [2.05, 4.69) is 57.2 Å². The lowest BCUT2D eigenvalue weighted by atomic mass is 9.95. The van der Waals surface area contributed by atoms with Crippen LogP contribution in [0, 0.1) is 11.8 Å². The zero-order valence-corrected chi connectivity index (χ0v) is 43.5. The topological polar surface area (TPSA) is 477 Å². The van der Waals surface area contributed by atoms with Crippen LogP contribution in [0.25, 0.3) is 0 Å². The number of hydrogen-bond acceptors (Lipinski definition) is 14. The number of aliphatic hydroxyl groups is 1. The number of hydrogen-bond donors (Lipinski definition) is 16. The fourth-order valence-electron chi connectivity index (χ4n) is 7.59. The first-order valence-corrected chi connectivity index (χ1v) is 25.2. The molecule has 0 saturated carbocycles. The third kappa shape index (κ3) is 24.5. The van der Waals surface area contributed by atoms with Crippen LogP contribution in [0.1, 0.15) is 96.7 Å². The van der Waals surface area contributed by atoms with Gasteiger partial charge in [-0.15, -0.1) is 0 Å². The number of aliphatic imine (C=N–C) groups is 2. The number of primary amides is 1. The number of nitrogens with zero attached hydrogens (tertiary/aromatic N) is 3. The molecule has 0 fully saturated rings. The summed E-state index contributed by atoms with van der Waals surface area (Å²) in [5.41, 5.74) is 40.9. The molecule has 0 aliphatic rings. The second-order valence-electron chi connectivity index (χ2n) is 18.7. The highest BCUT2D eigenvalue weighted by Crippen LogP contribution is 2.14. The van der Waals surface area contributed by atoms with Crippen molar-refractivity contribution in [2.45, 2.75) is 147 Å². The number of carbonyl (C=O) groups excluding carboxylic acids is 8. The molecular weight excluding hydrogens is 973 g/mol. The maximum atomic E-state index is 14.4. The predicted molar refractivity (Wildman–Crippen MR) is 282 cm³/mol. The second kappa shape index (κ2) is 34.2. The van der Waals surface area contributed by atoms with E-state index in [4.69, 9.17) is 40.1 Å². The Hall–Kier alpha value is -7.39. The van der Waals surface area contributed by atoms with Gasteiger partial charge in [0.25, 0.3) is 0 Å². The molecule has 1 aromatic heterocycles. The van der Waals surface area contributed by atoms with Crippen molar-refractivity contribution in [2.75, 3.05) is 26.2 Å². The number of guanidine groups is 2. The molecule has 0 bridgehead atoms. The van der Waals surface area contributed by atoms with E-state index < -0.39 is 108 Å². The van der Waals surface area contributed by atoms with Crippen LogP contribution in [0.5, 0.6) is 0 Å². The molecule has 75 heavy (non-hydrogen) atoms. The van der Waals surface area contributed by atoms with Gasteiger partial charge in [-0.25, -0.2) is 4.98 Å². The maximum absolute atomic E-state index is 14.4. The Morgan fingerprint density at radius 1 is 0.613 bits per heavy atom. The normalized spacial score (nSPS) is 14.7. The Labute approximate surface area is 437 Å². The Morgan fingerprint density at radius 2 is 1.09 bits per heavy atom. The summed E-state index contributed by atoms with van der Waals surface area (Å²) in [4.78, 5) is 125. The monoisotopic (exact) mass is 1050 g/mol. The van der Waals surface area contributed by atoms with Gasteiger partial charge in [0, 0.05) is 37.8 Å². The SMILES string of the molecule is CC[C@H](C)[C@H](NC(=O)[C@H](CC(C)C)NC(=O)[C@H](CCCN=C(N)N)NC(=O)[C@H](CCCN=C(N)N)NC(=O)[C@H](CCCCN)NC(=O)[C@H](CO)NC(=O)C(N)Cc1cnc[nH]1)C(=O)N[C@@H](Cc1ccccc1)C(N)=O. The molecule has 2 aromatic rings. The Morgan fingerprint density at radius 3 is 1.55 bits per heavy atom. The van der Waals surface area contributed by atoms with Crippen LogP contribution in [0.3, 0.4) is 0 Å². The van der Waals surface area contributed by atoms with Gasteiger partial charge < -0.3 is 87.4 Å². The van der Waals surface area contributed by atoms with Crippen LogP contribution >= 0.6 is 0 Å². The summed E-state index contributed by atoms with van der Waals surface area (Å²) >= 11 is 0. The zero-order valence-electron chi connectivity index (χ0n) is 43.5. The lowest BCUT2D eigenvalue weighted by molar-refractivity contribution is -0.136. The molecule has 418 valence electrons. The van der Waals surface area contributed by atoms with Crippen molar-refractivity contribution < 1.29 is 43.5 Å². The van der Waals surface area contributed by atoms with Crippen molar-refractivity contribution in [3.8, 4) is 0 Å². The molecule has 1 aromatic carbocycles. The number of aromatic amines is 1. The number of carbonyl (C=O) groups is 8. The van der Waals surface area contributed by atoms with Crippen molar-refractivity contribution in [1.29, 1.82) is 0 Å². The van der Waals surface area contributed by atoms with E-state index in [9.17, 15) is 43.5 Å². The summed E-state index contributed by atoms with van der Waals surface area (Å²) in [5, 5.41) is 28.7. The van der Waals surface area contributed by atoms with E-state index in [0.29, 0.717) is 25.0 Å². The van der Waals surface area contributed by atoms with E-state index >= 15 is 0 Å². The molecule has 27 heteroatoms. The van der Waals surface area contributed by atoms with Gasteiger partial charge in [0.1, 0.15) is 42.3 Å². The summed E-state index contributed by atoms with van der Waals surface area (Å²) < 4.78 is 0. The summed E-state index contributed by atoms with van der Waals surface area (Å²) in [6.07, 6.45) is 4.55. The highest BCUT2D eigenvalue weighted by Gasteiger charge is 2.35. The van der Waals surface area contributed by atoms with Crippen molar-refractivity contribution >= 4 is 59.2 Å². The summed E-state index contributed by atoms with van der Waals surface area (Å²) in [5.74, 6) is -7.35. The lowest BCUT2D eigenvalue weighted by Crippen LogP contribution is -2.61. The molecule has 27 nitrogen and oxygen atoms in total. The Kier molecular flexibility index (Phi) is 29.0.